The minimum absolute atomic E-state index is 0.420. The fraction of sp³-hybridized carbons (Fsp3) is 0.667. The van der Waals surface area contributed by atoms with Crippen molar-refractivity contribution in [1.82, 2.24) is 9.97 Å². The molecule has 1 aliphatic carbocycles. The Bertz CT molecular complexity index is 377. The van der Waals surface area contributed by atoms with E-state index in [1.165, 1.54) is 0 Å². The van der Waals surface area contributed by atoms with Gasteiger partial charge in [0, 0.05) is 31.5 Å². The second kappa shape index (κ2) is 5.31. The quantitative estimate of drug-likeness (QED) is 0.816. The van der Waals surface area contributed by atoms with E-state index in [2.05, 4.69) is 20.6 Å². The zero-order valence-electron chi connectivity index (χ0n) is 10.7. The second-order valence-electron chi connectivity index (χ2n) is 4.37. The van der Waals surface area contributed by atoms with Gasteiger partial charge in [0.2, 0.25) is 5.95 Å². The van der Waals surface area contributed by atoms with E-state index in [1.807, 2.05) is 27.1 Å². The highest BCUT2D eigenvalue weighted by atomic mass is 16.5. The molecule has 0 bridgehead atoms. The lowest BCUT2D eigenvalue weighted by atomic mass is 9.89. The predicted molar refractivity (Wildman–Crippen MR) is 68.4 cm³/mol. The SMILES string of the molecule is CCOC1CC(Nc2nc(NC)ncc2C)C1. The Morgan fingerprint density at radius 2 is 2.24 bits per heavy atom. The van der Waals surface area contributed by atoms with Crippen LogP contribution in [-0.4, -0.2) is 35.8 Å². The van der Waals surface area contributed by atoms with Crippen LogP contribution in [-0.2, 0) is 4.74 Å². The molecule has 0 amide bonds. The van der Waals surface area contributed by atoms with Gasteiger partial charge in [0.15, 0.2) is 0 Å². The van der Waals surface area contributed by atoms with Gasteiger partial charge in [-0.1, -0.05) is 0 Å². The van der Waals surface area contributed by atoms with Crippen molar-refractivity contribution in [2.24, 2.45) is 0 Å². The fourth-order valence-corrected chi connectivity index (χ4v) is 1.96. The van der Waals surface area contributed by atoms with Crippen molar-refractivity contribution >= 4 is 11.8 Å². The van der Waals surface area contributed by atoms with Crippen molar-refractivity contribution in [3.8, 4) is 0 Å². The van der Waals surface area contributed by atoms with Crippen molar-refractivity contribution in [3.63, 3.8) is 0 Å². The second-order valence-corrected chi connectivity index (χ2v) is 4.37. The minimum Gasteiger partial charge on any atom is -0.378 e. The molecule has 5 nitrogen and oxygen atoms in total. The molecule has 17 heavy (non-hydrogen) atoms. The van der Waals surface area contributed by atoms with Crippen LogP contribution in [0.3, 0.4) is 0 Å². The molecule has 0 radical (unpaired) electrons. The Labute approximate surface area is 102 Å². The minimum atomic E-state index is 0.420. The first-order chi connectivity index (χ1) is 8.22. The maximum Gasteiger partial charge on any atom is 0.224 e. The van der Waals surface area contributed by atoms with Gasteiger partial charge in [0.25, 0.3) is 0 Å². The Balaban J connectivity index is 1.91. The van der Waals surface area contributed by atoms with E-state index < -0.39 is 0 Å². The van der Waals surface area contributed by atoms with E-state index >= 15 is 0 Å². The van der Waals surface area contributed by atoms with Crippen LogP contribution >= 0.6 is 0 Å². The number of ether oxygens (including phenoxy) is 1. The average molecular weight is 236 g/mol. The summed E-state index contributed by atoms with van der Waals surface area (Å²) < 4.78 is 5.54. The van der Waals surface area contributed by atoms with E-state index in [4.69, 9.17) is 4.74 Å². The van der Waals surface area contributed by atoms with Gasteiger partial charge < -0.3 is 15.4 Å². The monoisotopic (exact) mass is 236 g/mol. The van der Waals surface area contributed by atoms with Gasteiger partial charge in [-0.2, -0.15) is 4.98 Å². The van der Waals surface area contributed by atoms with Crippen molar-refractivity contribution in [3.05, 3.63) is 11.8 Å². The molecular formula is C12H20N4O. The lowest BCUT2D eigenvalue weighted by molar-refractivity contribution is 0.00291. The first-order valence-electron chi connectivity index (χ1n) is 6.12. The normalized spacial score (nSPS) is 23.0. The molecule has 0 aromatic carbocycles. The highest BCUT2D eigenvalue weighted by Crippen LogP contribution is 2.27. The Hall–Kier alpha value is -1.36. The number of hydrogen-bond acceptors (Lipinski definition) is 5. The molecule has 1 fully saturated rings. The first kappa shape index (κ1) is 12.1. The number of aryl methyl sites for hydroxylation is 1. The van der Waals surface area contributed by atoms with Crippen LogP contribution in [0.5, 0.6) is 0 Å². The van der Waals surface area contributed by atoms with Crippen LogP contribution in [0.1, 0.15) is 25.3 Å². The molecule has 94 valence electrons. The molecule has 2 rings (SSSR count). The maximum absolute atomic E-state index is 5.54. The largest absolute Gasteiger partial charge is 0.378 e. The average Bonchev–Trinajstić information content (AvgIpc) is 2.29. The number of anilines is 2. The highest BCUT2D eigenvalue weighted by molar-refractivity contribution is 5.47. The van der Waals surface area contributed by atoms with E-state index in [1.54, 1.807) is 0 Å². The molecule has 0 aliphatic heterocycles. The van der Waals surface area contributed by atoms with Crippen molar-refractivity contribution in [1.29, 1.82) is 0 Å². The molecule has 0 saturated heterocycles. The molecule has 1 heterocycles. The summed E-state index contributed by atoms with van der Waals surface area (Å²) in [6, 6.07) is 0.477. The molecule has 1 aromatic heterocycles. The molecular weight excluding hydrogens is 216 g/mol. The number of nitrogens with one attached hydrogen (secondary N) is 2. The molecule has 1 aliphatic rings. The zero-order valence-corrected chi connectivity index (χ0v) is 10.7. The number of hydrogen-bond donors (Lipinski definition) is 2. The fourth-order valence-electron chi connectivity index (χ4n) is 1.96. The molecule has 2 N–H and O–H groups in total. The summed E-state index contributed by atoms with van der Waals surface area (Å²) >= 11 is 0. The van der Waals surface area contributed by atoms with Gasteiger partial charge >= 0.3 is 0 Å². The smallest absolute Gasteiger partial charge is 0.224 e. The summed E-state index contributed by atoms with van der Waals surface area (Å²) in [5.41, 5.74) is 1.07. The van der Waals surface area contributed by atoms with Gasteiger partial charge in [-0.3, -0.25) is 0 Å². The molecule has 0 atom stereocenters. The van der Waals surface area contributed by atoms with Crippen molar-refractivity contribution < 1.29 is 4.74 Å². The molecule has 5 heteroatoms. The highest BCUT2D eigenvalue weighted by Gasteiger charge is 2.29. The van der Waals surface area contributed by atoms with Gasteiger partial charge in [-0.25, -0.2) is 4.98 Å². The van der Waals surface area contributed by atoms with E-state index in [9.17, 15) is 0 Å². The number of nitrogens with zero attached hydrogens (tertiary/aromatic N) is 2. The Kier molecular flexibility index (Phi) is 3.78. The third kappa shape index (κ3) is 2.85. The third-order valence-corrected chi connectivity index (χ3v) is 3.03. The number of aromatic nitrogens is 2. The zero-order chi connectivity index (χ0) is 12.3. The summed E-state index contributed by atoms with van der Waals surface area (Å²) in [6.07, 6.45) is 4.38. The molecule has 1 aromatic rings. The maximum atomic E-state index is 5.54. The van der Waals surface area contributed by atoms with E-state index in [0.29, 0.717) is 18.1 Å². The first-order valence-corrected chi connectivity index (χ1v) is 6.12. The van der Waals surface area contributed by atoms with Crippen LogP contribution in [0.4, 0.5) is 11.8 Å². The summed E-state index contributed by atoms with van der Waals surface area (Å²) in [7, 11) is 1.82. The van der Waals surface area contributed by atoms with Crippen LogP contribution in [0.15, 0.2) is 6.20 Å². The molecule has 0 spiro atoms. The topological polar surface area (TPSA) is 59.1 Å². The predicted octanol–water partition coefficient (Wildman–Crippen LogP) is 1.81. The lowest BCUT2D eigenvalue weighted by Gasteiger charge is -2.35. The van der Waals surface area contributed by atoms with Gasteiger partial charge in [0.1, 0.15) is 5.82 Å². The lowest BCUT2D eigenvalue weighted by Crippen LogP contribution is -2.41. The van der Waals surface area contributed by atoms with Gasteiger partial charge in [-0.05, 0) is 26.7 Å². The standard InChI is InChI=1S/C12H20N4O/c1-4-17-10-5-9(6-10)15-11-8(2)7-14-12(13-3)16-11/h7,9-10H,4-6H2,1-3H3,(H2,13,14,15,16). The Morgan fingerprint density at radius 1 is 1.47 bits per heavy atom. The van der Waals surface area contributed by atoms with Crippen LogP contribution in [0, 0.1) is 6.92 Å². The Morgan fingerprint density at radius 3 is 2.88 bits per heavy atom. The van der Waals surface area contributed by atoms with E-state index in [0.717, 1.165) is 30.8 Å². The summed E-state index contributed by atoms with van der Waals surface area (Å²) in [6.45, 7) is 4.85. The summed E-state index contributed by atoms with van der Waals surface area (Å²) in [5.74, 6) is 1.57. The van der Waals surface area contributed by atoms with Crippen LogP contribution in [0.2, 0.25) is 0 Å². The molecule has 0 unspecified atom stereocenters. The molecule has 1 saturated carbocycles. The van der Waals surface area contributed by atoms with Crippen LogP contribution < -0.4 is 10.6 Å². The van der Waals surface area contributed by atoms with E-state index in [-0.39, 0.29) is 0 Å². The summed E-state index contributed by atoms with van der Waals surface area (Å²) in [5, 5.41) is 6.38. The number of rotatable bonds is 5. The summed E-state index contributed by atoms with van der Waals surface area (Å²) in [4.78, 5) is 8.58. The van der Waals surface area contributed by atoms with Gasteiger partial charge in [0.05, 0.1) is 6.10 Å². The van der Waals surface area contributed by atoms with Gasteiger partial charge in [-0.15, -0.1) is 0 Å². The van der Waals surface area contributed by atoms with Crippen LogP contribution in [0.25, 0.3) is 0 Å². The van der Waals surface area contributed by atoms with Crippen molar-refractivity contribution in [2.75, 3.05) is 24.3 Å². The third-order valence-electron chi connectivity index (χ3n) is 3.03. The van der Waals surface area contributed by atoms with Crippen molar-refractivity contribution in [2.45, 2.75) is 38.8 Å².